The summed E-state index contributed by atoms with van der Waals surface area (Å²) in [5, 5.41) is 64.6. The number of aromatic nitrogens is 7. The van der Waals surface area contributed by atoms with Crippen molar-refractivity contribution in [3.05, 3.63) is 271 Å². The Morgan fingerprint density at radius 3 is 1.09 bits per heavy atom. The monoisotopic (exact) mass is 1980 g/mol. The molecule has 8 fully saturated rings. The van der Waals surface area contributed by atoms with Crippen molar-refractivity contribution in [3.8, 4) is 137 Å². The molecule has 8 aliphatic rings. The quantitative estimate of drug-likeness (QED) is 0.0389. The van der Waals surface area contributed by atoms with Crippen LogP contribution in [0.3, 0.4) is 0 Å². The van der Waals surface area contributed by atoms with E-state index in [1.54, 1.807) is 33.3 Å². The number of fused-ring (bicyclic) bond motifs is 4. The van der Waals surface area contributed by atoms with Crippen molar-refractivity contribution in [1.82, 2.24) is 50.0 Å². The fourth-order valence-corrected chi connectivity index (χ4v) is 20.8. The van der Waals surface area contributed by atoms with Gasteiger partial charge in [-0.2, -0.15) is 26.3 Å². The molecule has 16 aromatic rings. The van der Waals surface area contributed by atoms with Crippen LogP contribution in [0.1, 0.15) is 60.8 Å². The average molecular weight is 1980 g/mol. The Morgan fingerprint density at radius 2 is 0.732 bits per heavy atom. The van der Waals surface area contributed by atoms with Crippen molar-refractivity contribution in [2.45, 2.75) is 56.8 Å². The molecule has 8 saturated heterocycles. The van der Waals surface area contributed by atoms with Gasteiger partial charge in [-0.1, -0.05) is 84.9 Å². The van der Waals surface area contributed by atoms with Crippen LogP contribution >= 0.6 is 0 Å². The number of rotatable bonds is 21. The molecule has 8 aliphatic heterocycles. The van der Waals surface area contributed by atoms with Crippen molar-refractivity contribution in [2.75, 3.05) is 182 Å². The predicted octanol–water partition coefficient (Wildman–Crippen LogP) is 17.8. The molecule has 0 radical (unpaired) electrons. The standard InChI is InChI=1S/C31H28N6O3.C30H29N5O4.C29H26N4O2.C28H27N5O2/c32-10-7-30(38)37-12-9-25(20-37)40-29-6-3-22(17-23(29)19-33)26-8-11-34-31-27(26)18-28(35-31)21-1-4-24(5-2-21)36-13-15-39-16-14-36;31-17-22-15-21(3-6-28(22)39-24-8-10-35(18-24)29(37)19-36)25-7-9-32-30-26(25)16-27(33-30)20-1-4-23(5-2-20)34-11-13-38-14-12-34;30-19-22-17-21(8-11-28(22)33-12-2-5-29(33)34)24-3-1-4-26-25(24)18-27(31-26)20-6-9-23(10-7-20)32-13-15-35-16-14-32;29-17-21-15-20(3-6-27(21)35-23-7-9-30-18-23)24-8-10-31-28-25(24)16-26(32-28)19-1-4-22(5-2-19)33-11-13-34-14-12-33/h1-6,8,11,17-18,25H,7,9,12-16,20H2,(H,34,35);1-7,9,15-16,24,36H,8,10-14,18-19H2,(H,32,33);1,3-4,6-11,17-18,31H,2,5,12-16H2;1-6,8,10,15-16,23,30H,7,9,11-14,18H2,(H,31,32)/t25-;24-;;23-/m11.1/s1. The zero-order chi connectivity index (χ0) is 102. The van der Waals surface area contributed by atoms with Gasteiger partial charge in [0.2, 0.25) is 17.7 Å². The fraction of sp³-hybridized carbons (Fsp3) is 0.280. The lowest BCUT2D eigenvalue weighted by Gasteiger charge is -2.28. The molecule has 15 heterocycles. The number of nitrogens with one attached hydrogen (secondary N) is 5. The summed E-state index contributed by atoms with van der Waals surface area (Å²) in [7, 11) is 0. The Labute approximate surface area is 861 Å². The van der Waals surface area contributed by atoms with Gasteiger partial charge in [0.25, 0.3) is 0 Å². The molecule has 748 valence electrons. The van der Waals surface area contributed by atoms with E-state index in [0.29, 0.717) is 97.2 Å². The number of hydrogen-bond donors (Lipinski definition) is 6. The third kappa shape index (κ3) is 21.9. The Hall–Kier alpha value is -17.2. The summed E-state index contributed by atoms with van der Waals surface area (Å²) >= 11 is 0. The molecule has 31 heteroatoms. The van der Waals surface area contributed by atoms with Crippen molar-refractivity contribution in [1.29, 1.82) is 26.3 Å². The average Bonchev–Trinajstić information content (AvgIpc) is 1.65. The molecule has 149 heavy (non-hydrogen) atoms. The Bertz CT molecular complexity index is 7810. The number of amides is 3. The van der Waals surface area contributed by atoms with E-state index in [-0.39, 0.29) is 42.5 Å². The summed E-state index contributed by atoms with van der Waals surface area (Å²) in [6.45, 7) is 17.2. The number of ether oxygens (including phenoxy) is 7. The van der Waals surface area contributed by atoms with Gasteiger partial charge in [-0.05, 0) is 232 Å². The van der Waals surface area contributed by atoms with Crippen LogP contribution in [0, 0.1) is 56.7 Å². The second-order valence-electron chi connectivity index (χ2n) is 37.9. The molecule has 0 unspecified atom stereocenters. The van der Waals surface area contributed by atoms with E-state index in [0.717, 1.165) is 265 Å². The highest BCUT2D eigenvalue weighted by molar-refractivity contribution is 6.03. The highest BCUT2D eigenvalue weighted by Crippen LogP contribution is 2.43. The van der Waals surface area contributed by atoms with Gasteiger partial charge in [-0.15, -0.1) is 0 Å². The molecule has 0 aliphatic carbocycles. The highest BCUT2D eigenvalue weighted by Gasteiger charge is 2.33. The topological polar surface area (TPSA) is 392 Å². The van der Waals surface area contributed by atoms with E-state index in [4.69, 9.17) is 43.5 Å². The number of H-pyrrole nitrogens is 4. The number of pyridine rings is 3. The van der Waals surface area contributed by atoms with Crippen LogP contribution in [0.15, 0.2) is 249 Å². The van der Waals surface area contributed by atoms with Gasteiger partial charge in [0.05, 0.1) is 100.0 Å². The molecule has 3 atom stereocenters. The van der Waals surface area contributed by atoms with E-state index in [1.807, 2.05) is 103 Å². The van der Waals surface area contributed by atoms with Crippen LogP contribution in [-0.2, 0) is 33.3 Å². The van der Waals surface area contributed by atoms with Crippen molar-refractivity contribution < 1.29 is 52.6 Å². The van der Waals surface area contributed by atoms with Crippen molar-refractivity contribution >= 4 is 90.2 Å². The maximum absolute atomic E-state index is 12.2. The lowest BCUT2D eigenvalue weighted by atomic mass is 9.98. The Kier molecular flexibility index (Phi) is 29.7. The van der Waals surface area contributed by atoms with E-state index in [9.17, 15) is 35.4 Å². The minimum atomic E-state index is -0.508. The summed E-state index contributed by atoms with van der Waals surface area (Å²) in [5.74, 6) is 1.22. The number of carbonyl (C=O) groups is 3. The van der Waals surface area contributed by atoms with Crippen LogP contribution in [0.2, 0.25) is 0 Å². The Balaban J connectivity index is 0.000000116. The molecule has 0 bridgehead atoms. The van der Waals surface area contributed by atoms with Crippen LogP contribution in [0.25, 0.3) is 134 Å². The molecule has 0 spiro atoms. The van der Waals surface area contributed by atoms with Crippen LogP contribution in [0.4, 0.5) is 28.4 Å². The molecule has 24 rings (SSSR count). The molecule has 9 aromatic carbocycles. The zero-order valence-corrected chi connectivity index (χ0v) is 82.4. The van der Waals surface area contributed by atoms with Crippen LogP contribution in [0.5, 0.6) is 17.2 Å². The summed E-state index contributed by atoms with van der Waals surface area (Å²) in [4.78, 5) is 77.9. The van der Waals surface area contributed by atoms with Gasteiger partial charge >= 0.3 is 0 Å². The van der Waals surface area contributed by atoms with Gasteiger partial charge in [0.15, 0.2) is 0 Å². The molecular weight excluding hydrogens is 1870 g/mol. The van der Waals surface area contributed by atoms with E-state index in [1.165, 1.54) is 22.7 Å². The molecular formula is C118H110N20O11. The number of morpholine rings is 4. The summed E-state index contributed by atoms with van der Waals surface area (Å²) in [5.41, 5.74) is 27.0. The Morgan fingerprint density at radius 1 is 0.376 bits per heavy atom. The van der Waals surface area contributed by atoms with Crippen LogP contribution < -0.4 is 44.0 Å². The molecule has 3 amide bonds. The highest BCUT2D eigenvalue weighted by atomic mass is 16.5. The molecule has 7 aromatic heterocycles. The number of likely N-dealkylation sites (tertiary alicyclic amines) is 2. The summed E-state index contributed by atoms with van der Waals surface area (Å²) in [6.07, 6.45) is 8.55. The normalized spacial score (nSPS) is 17.1. The third-order valence-electron chi connectivity index (χ3n) is 28.8. The van der Waals surface area contributed by atoms with Gasteiger partial charge in [0, 0.05) is 189 Å². The number of carbonyl (C=O) groups excluding carboxylic acids is 3. The largest absolute Gasteiger partial charge is 0.488 e. The molecule has 31 nitrogen and oxygen atoms in total. The number of anilines is 5. The number of hydrogen-bond acceptors (Lipinski definition) is 24. The maximum Gasteiger partial charge on any atom is 0.248 e. The first-order chi connectivity index (χ1) is 73.2. The van der Waals surface area contributed by atoms with E-state index in [2.05, 4.69) is 218 Å². The number of nitrogens with zero attached hydrogens (tertiary/aromatic N) is 15. The minimum Gasteiger partial charge on any atom is -0.488 e. The van der Waals surface area contributed by atoms with Gasteiger partial charge < -0.3 is 97.8 Å². The molecule has 6 N–H and O–H groups in total. The fourth-order valence-electron chi connectivity index (χ4n) is 20.8. The second-order valence-corrected chi connectivity index (χ2v) is 37.9. The lowest BCUT2D eigenvalue weighted by Crippen LogP contribution is -2.36. The van der Waals surface area contributed by atoms with Gasteiger partial charge in [-0.3, -0.25) is 14.4 Å². The minimum absolute atomic E-state index is 0.0891. The molecule has 0 saturated carbocycles. The van der Waals surface area contributed by atoms with E-state index >= 15 is 0 Å². The number of benzene rings is 9. The smallest absolute Gasteiger partial charge is 0.248 e. The number of aromatic amines is 4. The summed E-state index contributed by atoms with van der Waals surface area (Å²) in [6, 6.07) is 88.8. The number of aliphatic hydroxyl groups excluding tert-OH is 1. The van der Waals surface area contributed by atoms with Crippen molar-refractivity contribution in [3.63, 3.8) is 0 Å². The maximum atomic E-state index is 12.2. The lowest BCUT2D eigenvalue weighted by molar-refractivity contribution is -0.133. The van der Waals surface area contributed by atoms with Gasteiger partial charge in [0.1, 0.15) is 89.8 Å². The first-order valence-corrected chi connectivity index (χ1v) is 50.7. The first-order valence-electron chi connectivity index (χ1n) is 50.7. The van der Waals surface area contributed by atoms with E-state index < -0.39 is 6.61 Å². The predicted molar refractivity (Wildman–Crippen MR) is 573 cm³/mol. The number of nitriles is 5. The zero-order valence-electron chi connectivity index (χ0n) is 82.4. The van der Waals surface area contributed by atoms with Crippen LogP contribution in [-0.4, -0.2) is 243 Å². The second kappa shape index (κ2) is 45.2. The number of aliphatic hydroxyl groups is 1. The summed E-state index contributed by atoms with van der Waals surface area (Å²) < 4.78 is 40.1. The van der Waals surface area contributed by atoms with Gasteiger partial charge in [-0.25, -0.2) is 15.0 Å². The van der Waals surface area contributed by atoms with Crippen molar-refractivity contribution in [2.24, 2.45) is 0 Å². The first kappa shape index (κ1) is 97.9. The SMILES string of the molecule is N#CCC(=O)N1CC[C@@H](Oc2ccc(-c3ccnc4[nH]c(-c5ccc(N6CCOCC6)cc5)cc34)cc2C#N)C1.N#Cc1cc(-c2cccc3[nH]c(-c4ccc(N5CCOCC5)cc4)cc23)ccc1N1CCCC1=O.N#Cc1cc(-c2ccnc3[nH]c(-c4ccc(N5CCOCC5)cc4)cc23)ccc1O[C@@H]1CCN(C(=O)CO)C1.N#Cc1cc(-c2ccnc3[nH]c(-c4ccc(N5CCOCC5)cc4)cc23)ccc1O[C@@H]1CCNC1. The third-order valence-corrected chi connectivity index (χ3v) is 28.8.